The SMILES string of the molecule is COC(=O)CN1CCOCCN(CC(=O)OC)CCc2cc(N)cc(c2OC)CC1. The normalized spacial score (nSPS) is 17.0. The number of nitrogen functional groups attached to an aromatic ring is 1. The number of methoxy groups -OCH3 is 3. The molecule has 0 unspecified atom stereocenters. The molecule has 1 aromatic carbocycles. The van der Waals surface area contributed by atoms with Crippen molar-refractivity contribution in [2.24, 2.45) is 0 Å². The maximum absolute atomic E-state index is 11.8. The summed E-state index contributed by atoms with van der Waals surface area (Å²) < 4.78 is 21.1. The van der Waals surface area contributed by atoms with Crippen LogP contribution in [0.25, 0.3) is 0 Å². The van der Waals surface area contributed by atoms with E-state index in [4.69, 9.17) is 24.7 Å². The van der Waals surface area contributed by atoms with Crippen molar-refractivity contribution in [1.29, 1.82) is 0 Å². The third-order valence-corrected chi connectivity index (χ3v) is 5.13. The molecule has 0 spiro atoms. The van der Waals surface area contributed by atoms with Gasteiger partial charge in [0.2, 0.25) is 0 Å². The number of carbonyl (C=O) groups is 2. The summed E-state index contributed by atoms with van der Waals surface area (Å²) in [5.41, 5.74) is 8.79. The molecule has 168 valence electrons. The lowest BCUT2D eigenvalue weighted by molar-refractivity contribution is -0.142. The van der Waals surface area contributed by atoms with Crippen molar-refractivity contribution in [1.82, 2.24) is 9.80 Å². The van der Waals surface area contributed by atoms with Gasteiger partial charge >= 0.3 is 11.9 Å². The van der Waals surface area contributed by atoms with Crippen molar-refractivity contribution >= 4 is 17.6 Å². The molecule has 0 aliphatic carbocycles. The van der Waals surface area contributed by atoms with E-state index in [0.29, 0.717) is 57.9 Å². The lowest BCUT2D eigenvalue weighted by Crippen LogP contribution is -2.37. The molecule has 30 heavy (non-hydrogen) atoms. The fourth-order valence-electron chi connectivity index (χ4n) is 3.50. The molecule has 1 aliphatic rings. The summed E-state index contributed by atoms with van der Waals surface area (Å²) in [6.45, 7) is 3.79. The van der Waals surface area contributed by atoms with Crippen molar-refractivity contribution in [3.8, 4) is 5.75 Å². The van der Waals surface area contributed by atoms with E-state index in [2.05, 4.69) is 0 Å². The van der Waals surface area contributed by atoms with E-state index in [0.717, 1.165) is 16.9 Å². The molecule has 9 nitrogen and oxygen atoms in total. The zero-order valence-corrected chi connectivity index (χ0v) is 18.1. The fraction of sp³-hybridized carbons (Fsp3) is 0.619. The number of hydrogen-bond donors (Lipinski definition) is 1. The predicted octanol–water partition coefficient (Wildman–Crippen LogP) is 0.343. The maximum Gasteiger partial charge on any atom is 0.319 e. The molecular weight excluding hydrogens is 390 g/mol. The lowest BCUT2D eigenvalue weighted by atomic mass is 10.0. The van der Waals surface area contributed by atoms with Gasteiger partial charge in [0.1, 0.15) is 5.75 Å². The molecule has 2 rings (SSSR count). The Balaban J connectivity index is 2.25. The standard InChI is InChI=1S/C21H33N3O6/c1-27-19(25)14-23-6-4-16-12-18(22)13-17(21(16)29-3)5-7-24(15-20(26)28-2)9-11-30-10-8-23/h12-13H,4-11,14-15,22H2,1-3H3. The van der Waals surface area contributed by atoms with Crippen LogP contribution in [0, 0.1) is 0 Å². The minimum Gasteiger partial charge on any atom is -0.496 e. The molecule has 0 atom stereocenters. The number of benzene rings is 1. The molecule has 1 aliphatic heterocycles. The molecule has 0 aromatic heterocycles. The smallest absolute Gasteiger partial charge is 0.319 e. The first-order valence-corrected chi connectivity index (χ1v) is 10.1. The van der Waals surface area contributed by atoms with Gasteiger partial charge in [0.15, 0.2) is 0 Å². The van der Waals surface area contributed by atoms with Crippen LogP contribution in [0.4, 0.5) is 5.69 Å². The molecule has 0 amide bonds. The maximum atomic E-state index is 11.8. The predicted molar refractivity (Wildman–Crippen MR) is 113 cm³/mol. The van der Waals surface area contributed by atoms with Crippen LogP contribution in [0.2, 0.25) is 0 Å². The third-order valence-electron chi connectivity index (χ3n) is 5.13. The van der Waals surface area contributed by atoms with E-state index in [9.17, 15) is 9.59 Å². The third kappa shape index (κ3) is 7.47. The van der Waals surface area contributed by atoms with E-state index in [1.165, 1.54) is 14.2 Å². The van der Waals surface area contributed by atoms with Gasteiger partial charge in [-0.15, -0.1) is 0 Å². The number of fused-ring (bicyclic) bond motifs is 2. The van der Waals surface area contributed by atoms with Crippen LogP contribution in [0.5, 0.6) is 5.75 Å². The highest BCUT2D eigenvalue weighted by Gasteiger charge is 2.18. The number of nitrogens with zero attached hydrogens (tertiary/aromatic N) is 2. The Morgan fingerprint density at radius 1 is 0.900 bits per heavy atom. The molecule has 1 heterocycles. The van der Waals surface area contributed by atoms with E-state index < -0.39 is 0 Å². The first-order chi connectivity index (χ1) is 14.5. The van der Waals surface area contributed by atoms with Gasteiger partial charge in [-0.3, -0.25) is 19.4 Å². The number of rotatable bonds is 5. The van der Waals surface area contributed by atoms with Crippen LogP contribution < -0.4 is 10.5 Å². The van der Waals surface area contributed by atoms with Crippen LogP contribution in [0.1, 0.15) is 11.1 Å². The molecule has 2 bridgehead atoms. The summed E-state index contributed by atoms with van der Waals surface area (Å²) in [7, 11) is 4.41. The average Bonchev–Trinajstić information content (AvgIpc) is 2.73. The second kappa shape index (κ2) is 12.4. The molecule has 2 N–H and O–H groups in total. The second-order valence-corrected chi connectivity index (χ2v) is 7.19. The van der Waals surface area contributed by atoms with Crippen LogP contribution in [-0.2, 0) is 36.6 Å². The van der Waals surface area contributed by atoms with Crippen LogP contribution >= 0.6 is 0 Å². The van der Waals surface area contributed by atoms with Crippen LogP contribution in [0.3, 0.4) is 0 Å². The first-order valence-electron chi connectivity index (χ1n) is 10.1. The van der Waals surface area contributed by atoms with Gasteiger partial charge in [0, 0.05) is 31.9 Å². The topological polar surface area (TPSA) is 104 Å². The molecule has 0 saturated heterocycles. The van der Waals surface area contributed by atoms with Crippen LogP contribution in [-0.4, -0.2) is 95.6 Å². The van der Waals surface area contributed by atoms with Gasteiger partial charge in [-0.1, -0.05) is 0 Å². The Bertz CT molecular complexity index is 659. The summed E-state index contributed by atoms with van der Waals surface area (Å²) in [6, 6.07) is 3.82. The summed E-state index contributed by atoms with van der Waals surface area (Å²) in [5.74, 6) is 0.217. The molecule has 9 heteroatoms. The van der Waals surface area contributed by atoms with E-state index >= 15 is 0 Å². The zero-order chi connectivity index (χ0) is 21.9. The lowest BCUT2D eigenvalue weighted by Gasteiger charge is -2.25. The van der Waals surface area contributed by atoms with Gasteiger partial charge in [-0.2, -0.15) is 0 Å². The first kappa shape index (κ1) is 23.9. The number of esters is 2. The van der Waals surface area contributed by atoms with Gasteiger partial charge < -0.3 is 24.7 Å². The molecular formula is C21H33N3O6. The zero-order valence-electron chi connectivity index (χ0n) is 18.1. The number of nitrogens with two attached hydrogens (primary N) is 1. The van der Waals surface area contributed by atoms with Crippen LogP contribution in [0.15, 0.2) is 12.1 Å². The molecule has 0 fully saturated rings. The number of anilines is 1. The van der Waals surface area contributed by atoms with Gasteiger partial charge in [-0.05, 0) is 36.1 Å². The highest BCUT2D eigenvalue weighted by molar-refractivity contribution is 5.71. The van der Waals surface area contributed by atoms with E-state index in [1.807, 2.05) is 21.9 Å². The minimum absolute atomic E-state index is 0.186. The van der Waals surface area contributed by atoms with E-state index in [-0.39, 0.29) is 25.0 Å². The number of hydrogen-bond acceptors (Lipinski definition) is 9. The molecule has 0 saturated carbocycles. The van der Waals surface area contributed by atoms with Crippen molar-refractivity contribution in [3.05, 3.63) is 23.3 Å². The van der Waals surface area contributed by atoms with Gasteiger partial charge in [-0.25, -0.2) is 0 Å². The Morgan fingerprint density at radius 3 is 1.77 bits per heavy atom. The van der Waals surface area contributed by atoms with E-state index in [1.54, 1.807) is 7.11 Å². The average molecular weight is 424 g/mol. The summed E-state index contributed by atoms with van der Waals surface area (Å²) in [6.07, 6.45) is 1.34. The summed E-state index contributed by atoms with van der Waals surface area (Å²) >= 11 is 0. The quantitative estimate of drug-likeness (QED) is 0.530. The summed E-state index contributed by atoms with van der Waals surface area (Å²) in [5, 5.41) is 0. The van der Waals surface area contributed by atoms with Crippen molar-refractivity contribution in [3.63, 3.8) is 0 Å². The Kier molecular flexibility index (Phi) is 9.85. The van der Waals surface area contributed by atoms with Crippen molar-refractivity contribution in [2.75, 3.05) is 79.5 Å². The number of carbonyl (C=O) groups excluding carboxylic acids is 2. The van der Waals surface area contributed by atoms with Gasteiger partial charge in [0.25, 0.3) is 0 Å². The Hall–Kier alpha value is -2.36. The summed E-state index contributed by atoms with van der Waals surface area (Å²) in [4.78, 5) is 27.6. The Morgan fingerprint density at radius 2 is 1.37 bits per heavy atom. The monoisotopic (exact) mass is 423 g/mol. The second-order valence-electron chi connectivity index (χ2n) is 7.19. The Labute approximate surface area is 178 Å². The largest absolute Gasteiger partial charge is 0.496 e. The molecule has 1 aromatic rings. The minimum atomic E-state index is -0.291. The van der Waals surface area contributed by atoms with Gasteiger partial charge in [0.05, 0.1) is 47.6 Å². The number of ether oxygens (including phenoxy) is 4. The fourth-order valence-corrected chi connectivity index (χ4v) is 3.50. The van der Waals surface area contributed by atoms with Crippen molar-refractivity contribution in [2.45, 2.75) is 12.8 Å². The highest BCUT2D eigenvalue weighted by atomic mass is 16.5. The van der Waals surface area contributed by atoms with Crippen molar-refractivity contribution < 1.29 is 28.5 Å². The molecule has 0 radical (unpaired) electrons. The highest BCUT2D eigenvalue weighted by Crippen LogP contribution is 2.28.